The lowest BCUT2D eigenvalue weighted by molar-refractivity contribution is 0.0952. The molecule has 98 valence electrons. The first-order valence-electron chi connectivity index (χ1n) is 6.69. The maximum Gasteiger partial charge on any atom is 0.207 e. The molecule has 0 saturated heterocycles. The van der Waals surface area contributed by atoms with Crippen LogP contribution in [0, 0.1) is 0 Å². The number of anilines is 1. The number of fused-ring (bicyclic) bond motifs is 1. The lowest BCUT2D eigenvalue weighted by Gasteiger charge is -2.10. The third-order valence-electron chi connectivity index (χ3n) is 3.55. The van der Waals surface area contributed by atoms with Crippen molar-refractivity contribution >= 4 is 11.5 Å². The summed E-state index contributed by atoms with van der Waals surface area (Å²) in [6, 6.07) is 7.99. The van der Waals surface area contributed by atoms with Crippen molar-refractivity contribution in [3.05, 3.63) is 48.0 Å². The van der Waals surface area contributed by atoms with Crippen molar-refractivity contribution in [1.29, 1.82) is 0 Å². The number of Topliss-reactive ketones (excluding diaryl/α,β-unsaturated/α-hetero) is 1. The SMILES string of the molecule is CCCn1ccnc1C(=O)C1CNc2ccccc21. The summed E-state index contributed by atoms with van der Waals surface area (Å²) in [6.45, 7) is 3.60. The predicted octanol–water partition coefficient (Wildman–Crippen LogP) is 2.69. The molecule has 1 unspecified atom stereocenters. The van der Waals surface area contributed by atoms with Gasteiger partial charge in [0.15, 0.2) is 5.82 Å². The average Bonchev–Trinajstić information content (AvgIpc) is 3.04. The van der Waals surface area contributed by atoms with Crippen LogP contribution in [-0.2, 0) is 6.54 Å². The minimum atomic E-state index is -0.116. The minimum absolute atomic E-state index is 0.107. The van der Waals surface area contributed by atoms with Crippen LogP contribution in [-0.4, -0.2) is 21.9 Å². The Bertz CT molecular complexity index is 603. The summed E-state index contributed by atoms with van der Waals surface area (Å²) in [5, 5.41) is 3.29. The molecule has 2 aromatic rings. The van der Waals surface area contributed by atoms with E-state index in [9.17, 15) is 4.79 Å². The number of nitrogens with one attached hydrogen (secondary N) is 1. The quantitative estimate of drug-likeness (QED) is 0.854. The molecule has 0 spiro atoms. The number of para-hydroxylation sites is 1. The van der Waals surface area contributed by atoms with E-state index in [1.54, 1.807) is 6.20 Å². The molecule has 0 aliphatic carbocycles. The van der Waals surface area contributed by atoms with Crippen LogP contribution in [0.5, 0.6) is 0 Å². The van der Waals surface area contributed by atoms with Crippen molar-refractivity contribution in [2.75, 3.05) is 11.9 Å². The van der Waals surface area contributed by atoms with Gasteiger partial charge in [-0.25, -0.2) is 4.98 Å². The molecule has 1 aromatic carbocycles. The van der Waals surface area contributed by atoms with Crippen LogP contribution in [0.3, 0.4) is 0 Å². The highest BCUT2D eigenvalue weighted by Gasteiger charge is 2.31. The van der Waals surface area contributed by atoms with Gasteiger partial charge < -0.3 is 9.88 Å². The number of benzene rings is 1. The van der Waals surface area contributed by atoms with Gasteiger partial charge in [0.1, 0.15) is 0 Å². The van der Waals surface area contributed by atoms with E-state index < -0.39 is 0 Å². The zero-order valence-electron chi connectivity index (χ0n) is 11.0. The van der Waals surface area contributed by atoms with E-state index in [1.807, 2.05) is 35.0 Å². The molecule has 0 fully saturated rings. The third-order valence-corrected chi connectivity index (χ3v) is 3.55. The fraction of sp³-hybridized carbons (Fsp3) is 0.333. The Morgan fingerprint density at radius 2 is 2.32 bits per heavy atom. The average molecular weight is 255 g/mol. The van der Waals surface area contributed by atoms with Gasteiger partial charge in [-0.15, -0.1) is 0 Å². The number of nitrogens with zero attached hydrogens (tertiary/aromatic N) is 2. The molecule has 0 bridgehead atoms. The number of rotatable bonds is 4. The summed E-state index contributed by atoms with van der Waals surface area (Å²) in [4.78, 5) is 16.9. The second kappa shape index (κ2) is 4.88. The highest BCUT2D eigenvalue weighted by atomic mass is 16.1. The van der Waals surface area contributed by atoms with Gasteiger partial charge in [-0.2, -0.15) is 0 Å². The number of carbonyl (C=O) groups excluding carboxylic acids is 1. The number of aromatic nitrogens is 2. The Hall–Kier alpha value is -2.10. The van der Waals surface area contributed by atoms with E-state index in [0.717, 1.165) is 24.2 Å². The van der Waals surface area contributed by atoms with Crippen LogP contribution < -0.4 is 5.32 Å². The molecule has 3 rings (SSSR count). The van der Waals surface area contributed by atoms with Crippen LogP contribution in [0.1, 0.15) is 35.4 Å². The standard InChI is InChI=1S/C15H17N3O/c1-2-8-18-9-7-16-15(18)14(19)12-10-17-13-6-4-3-5-11(12)13/h3-7,9,12,17H,2,8,10H2,1H3. The van der Waals surface area contributed by atoms with E-state index in [0.29, 0.717) is 12.4 Å². The molecule has 1 aliphatic heterocycles. The summed E-state index contributed by atoms with van der Waals surface area (Å²) < 4.78 is 1.95. The highest BCUT2D eigenvalue weighted by Crippen LogP contribution is 2.33. The maximum atomic E-state index is 12.6. The first kappa shape index (κ1) is 12.0. The van der Waals surface area contributed by atoms with E-state index in [1.165, 1.54) is 0 Å². The summed E-state index contributed by atoms with van der Waals surface area (Å²) in [5.41, 5.74) is 2.15. The molecular formula is C15H17N3O. The monoisotopic (exact) mass is 255 g/mol. The molecule has 1 N–H and O–H groups in total. The van der Waals surface area contributed by atoms with Crippen molar-refractivity contribution in [2.45, 2.75) is 25.8 Å². The lowest BCUT2D eigenvalue weighted by Crippen LogP contribution is -2.19. The smallest absolute Gasteiger partial charge is 0.207 e. The Kier molecular flexibility index (Phi) is 3.07. The van der Waals surface area contributed by atoms with Crippen molar-refractivity contribution < 1.29 is 4.79 Å². The van der Waals surface area contributed by atoms with Gasteiger partial charge in [0.2, 0.25) is 5.78 Å². The summed E-state index contributed by atoms with van der Waals surface area (Å²) in [6.07, 6.45) is 4.58. The molecule has 2 heterocycles. The van der Waals surface area contributed by atoms with Crippen LogP contribution in [0.15, 0.2) is 36.7 Å². The van der Waals surface area contributed by atoms with E-state index >= 15 is 0 Å². The van der Waals surface area contributed by atoms with Crippen LogP contribution >= 0.6 is 0 Å². The van der Waals surface area contributed by atoms with Gasteiger partial charge in [-0.1, -0.05) is 25.1 Å². The highest BCUT2D eigenvalue weighted by molar-refractivity contribution is 6.00. The predicted molar refractivity (Wildman–Crippen MR) is 74.5 cm³/mol. The molecule has 4 heteroatoms. The number of ketones is 1. The molecule has 0 amide bonds. The number of carbonyl (C=O) groups is 1. The topological polar surface area (TPSA) is 46.9 Å². The van der Waals surface area contributed by atoms with Crippen molar-refractivity contribution in [1.82, 2.24) is 9.55 Å². The lowest BCUT2D eigenvalue weighted by atomic mass is 9.96. The first-order chi connectivity index (χ1) is 9.31. The molecule has 0 saturated carbocycles. The normalized spacial score (nSPS) is 17.0. The van der Waals surface area contributed by atoms with Crippen LogP contribution in [0.2, 0.25) is 0 Å². The Balaban J connectivity index is 1.91. The number of hydrogen-bond donors (Lipinski definition) is 1. The third kappa shape index (κ3) is 2.03. The first-order valence-corrected chi connectivity index (χ1v) is 6.69. The Morgan fingerprint density at radius 3 is 3.16 bits per heavy atom. The number of imidazole rings is 1. The molecule has 1 atom stereocenters. The molecule has 1 aromatic heterocycles. The van der Waals surface area contributed by atoms with Gasteiger partial charge in [-0.05, 0) is 18.1 Å². The Morgan fingerprint density at radius 1 is 1.47 bits per heavy atom. The molecule has 19 heavy (non-hydrogen) atoms. The maximum absolute atomic E-state index is 12.6. The van der Waals surface area contributed by atoms with Crippen LogP contribution in [0.4, 0.5) is 5.69 Å². The van der Waals surface area contributed by atoms with E-state index in [2.05, 4.69) is 17.2 Å². The zero-order chi connectivity index (χ0) is 13.2. The van der Waals surface area contributed by atoms with Crippen molar-refractivity contribution in [3.8, 4) is 0 Å². The molecule has 1 aliphatic rings. The van der Waals surface area contributed by atoms with E-state index in [-0.39, 0.29) is 11.7 Å². The molecule has 4 nitrogen and oxygen atoms in total. The molecule has 0 radical (unpaired) electrons. The fourth-order valence-corrected chi connectivity index (χ4v) is 2.63. The van der Waals surface area contributed by atoms with Crippen LogP contribution in [0.25, 0.3) is 0 Å². The Labute approximate surface area is 112 Å². The van der Waals surface area contributed by atoms with Gasteiger partial charge in [0.25, 0.3) is 0 Å². The van der Waals surface area contributed by atoms with Gasteiger partial charge in [0.05, 0.1) is 5.92 Å². The minimum Gasteiger partial charge on any atom is -0.384 e. The van der Waals surface area contributed by atoms with Gasteiger partial charge in [0, 0.05) is 31.2 Å². The van der Waals surface area contributed by atoms with E-state index in [4.69, 9.17) is 0 Å². The zero-order valence-corrected chi connectivity index (χ0v) is 11.0. The van der Waals surface area contributed by atoms with Gasteiger partial charge in [-0.3, -0.25) is 4.79 Å². The summed E-state index contributed by atoms with van der Waals surface area (Å²) >= 11 is 0. The van der Waals surface area contributed by atoms with Crippen molar-refractivity contribution in [3.63, 3.8) is 0 Å². The number of aryl methyl sites for hydroxylation is 1. The summed E-state index contributed by atoms with van der Waals surface area (Å²) in [5.74, 6) is 0.565. The van der Waals surface area contributed by atoms with Crippen molar-refractivity contribution in [2.24, 2.45) is 0 Å². The van der Waals surface area contributed by atoms with Gasteiger partial charge >= 0.3 is 0 Å². The molecular weight excluding hydrogens is 238 g/mol. The largest absolute Gasteiger partial charge is 0.384 e. The summed E-state index contributed by atoms with van der Waals surface area (Å²) in [7, 11) is 0. The number of hydrogen-bond acceptors (Lipinski definition) is 3. The second-order valence-corrected chi connectivity index (χ2v) is 4.83. The fourth-order valence-electron chi connectivity index (χ4n) is 2.63. The second-order valence-electron chi connectivity index (χ2n) is 4.83.